The molecule has 0 unspecified atom stereocenters. The van der Waals surface area contributed by atoms with Crippen molar-refractivity contribution in [3.63, 3.8) is 0 Å². The number of hydrogen-bond acceptors (Lipinski definition) is 5. The normalized spacial score (nSPS) is 13.7. The molecule has 0 fully saturated rings. The van der Waals surface area contributed by atoms with Crippen LogP contribution in [0, 0.1) is 0 Å². The van der Waals surface area contributed by atoms with Crippen LogP contribution >= 0.6 is 0 Å². The van der Waals surface area contributed by atoms with Crippen molar-refractivity contribution < 1.29 is 4.79 Å². The highest BCUT2D eigenvalue weighted by Crippen LogP contribution is 2.21. The Hall–Kier alpha value is -2.50. The molecule has 0 saturated carbocycles. The zero-order valence-corrected chi connectivity index (χ0v) is 12.2. The van der Waals surface area contributed by atoms with Crippen LogP contribution in [0.2, 0.25) is 0 Å². The highest BCUT2D eigenvalue weighted by Gasteiger charge is 2.23. The lowest BCUT2D eigenvalue weighted by molar-refractivity contribution is 0.0732. The van der Waals surface area contributed by atoms with E-state index in [1.165, 1.54) is 0 Å². The molecule has 0 radical (unpaired) electrons. The number of pyridine rings is 1. The molecule has 0 spiro atoms. The van der Waals surface area contributed by atoms with Crippen LogP contribution in [0.1, 0.15) is 21.6 Å². The highest BCUT2D eigenvalue weighted by molar-refractivity contribution is 5.94. The average molecular weight is 283 g/mol. The number of rotatable bonds is 2. The fourth-order valence-electron chi connectivity index (χ4n) is 2.38. The summed E-state index contributed by atoms with van der Waals surface area (Å²) in [6, 6.07) is 5.58. The Morgan fingerprint density at radius 1 is 1.33 bits per heavy atom. The fourth-order valence-corrected chi connectivity index (χ4v) is 2.38. The second kappa shape index (κ2) is 5.47. The van der Waals surface area contributed by atoms with E-state index >= 15 is 0 Å². The molecule has 0 atom stereocenters. The molecule has 3 heterocycles. The van der Waals surface area contributed by atoms with Crippen molar-refractivity contribution in [3.8, 4) is 0 Å². The summed E-state index contributed by atoms with van der Waals surface area (Å²) in [4.78, 5) is 20.2. The fraction of sp³-hybridized carbons (Fsp3) is 0.333. The van der Waals surface area contributed by atoms with Gasteiger partial charge in [-0.25, -0.2) is 0 Å². The Kier molecular flexibility index (Phi) is 3.51. The standard InChI is InChI=1S/C15H17N5O/c1-19(2)14-8-12-10-20(7-5-13(12)17-18-14)15(21)11-4-3-6-16-9-11/h3-4,6,8-9H,5,7,10H2,1-2H3. The maximum atomic E-state index is 12.5. The topological polar surface area (TPSA) is 62.2 Å². The minimum absolute atomic E-state index is 0.0111. The molecule has 1 aliphatic heterocycles. The van der Waals surface area contributed by atoms with E-state index in [1.807, 2.05) is 30.0 Å². The monoisotopic (exact) mass is 283 g/mol. The van der Waals surface area contributed by atoms with Gasteiger partial charge in [-0.15, -0.1) is 5.10 Å². The first kappa shape index (κ1) is 13.5. The first-order chi connectivity index (χ1) is 10.1. The van der Waals surface area contributed by atoms with Gasteiger partial charge in [-0.05, 0) is 23.8 Å². The van der Waals surface area contributed by atoms with Crippen LogP contribution in [-0.2, 0) is 13.0 Å². The molecule has 21 heavy (non-hydrogen) atoms. The number of hydrogen-bond donors (Lipinski definition) is 0. The molecule has 0 N–H and O–H groups in total. The molecule has 3 rings (SSSR count). The number of aromatic nitrogens is 3. The minimum Gasteiger partial charge on any atom is -0.361 e. The van der Waals surface area contributed by atoms with E-state index in [4.69, 9.17) is 0 Å². The lowest BCUT2D eigenvalue weighted by atomic mass is 10.1. The largest absolute Gasteiger partial charge is 0.361 e. The molecule has 2 aromatic heterocycles. The molecule has 0 bridgehead atoms. The number of fused-ring (bicyclic) bond motifs is 1. The van der Waals surface area contributed by atoms with Crippen LogP contribution in [0.15, 0.2) is 30.6 Å². The van der Waals surface area contributed by atoms with Crippen LogP contribution < -0.4 is 4.90 Å². The van der Waals surface area contributed by atoms with Gasteiger partial charge in [0.2, 0.25) is 0 Å². The summed E-state index contributed by atoms with van der Waals surface area (Å²) in [5.74, 6) is 0.821. The van der Waals surface area contributed by atoms with Gasteiger partial charge in [-0.2, -0.15) is 5.10 Å². The van der Waals surface area contributed by atoms with Crippen LogP contribution in [0.4, 0.5) is 5.82 Å². The van der Waals surface area contributed by atoms with E-state index in [0.29, 0.717) is 18.7 Å². The van der Waals surface area contributed by atoms with Gasteiger partial charge in [0.15, 0.2) is 5.82 Å². The Labute approximate surface area is 123 Å². The Morgan fingerprint density at radius 2 is 2.19 bits per heavy atom. The van der Waals surface area contributed by atoms with Crippen molar-refractivity contribution in [2.24, 2.45) is 0 Å². The van der Waals surface area contributed by atoms with E-state index in [2.05, 4.69) is 15.2 Å². The summed E-state index contributed by atoms with van der Waals surface area (Å²) in [5.41, 5.74) is 2.67. The van der Waals surface area contributed by atoms with Crippen molar-refractivity contribution in [3.05, 3.63) is 47.4 Å². The predicted molar refractivity (Wildman–Crippen MR) is 79.0 cm³/mol. The molecular weight excluding hydrogens is 266 g/mol. The first-order valence-electron chi connectivity index (χ1n) is 6.87. The first-order valence-corrected chi connectivity index (χ1v) is 6.87. The SMILES string of the molecule is CN(C)c1cc2c(nn1)CCN(C(=O)c1cccnc1)C2. The van der Waals surface area contributed by atoms with Crippen molar-refractivity contribution >= 4 is 11.7 Å². The Morgan fingerprint density at radius 3 is 2.90 bits per heavy atom. The van der Waals surface area contributed by atoms with Gasteiger partial charge in [0.1, 0.15) is 0 Å². The lowest BCUT2D eigenvalue weighted by Gasteiger charge is -2.28. The maximum Gasteiger partial charge on any atom is 0.255 e. The minimum atomic E-state index is 0.0111. The molecular formula is C15H17N5O. The van der Waals surface area contributed by atoms with Gasteiger partial charge in [0, 0.05) is 46.0 Å². The highest BCUT2D eigenvalue weighted by atomic mass is 16.2. The van der Waals surface area contributed by atoms with Crippen LogP contribution in [0.5, 0.6) is 0 Å². The third kappa shape index (κ3) is 2.69. The zero-order chi connectivity index (χ0) is 14.8. The third-order valence-electron chi connectivity index (χ3n) is 3.58. The molecule has 1 aliphatic rings. The molecule has 0 aliphatic carbocycles. The molecule has 1 amide bonds. The maximum absolute atomic E-state index is 12.5. The summed E-state index contributed by atoms with van der Waals surface area (Å²) >= 11 is 0. The predicted octanol–water partition coefficient (Wildman–Crippen LogP) is 1.14. The van der Waals surface area contributed by atoms with Crippen LogP contribution in [-0.4, -0.2) is 46.6 Å². The van der Waals surface area contributed by atoms with Crippen LogP contribution in [0.25, 0.3) is 0 Å². The third-order valence-corrected chi connectivity index (χ3v) is 3.58. The molecule has 0 aromatic carbocycles. The van der Waals surface area contributed by atoms with E-state index in [1.54, 1.807) is 24.5 Å². The summed E-state index contributed by atoms with van der Waals surface area (Å²) in [7, 11) is 3.86. The zero-order valence-electron chi connectivity index (χ0n) is 12.2. The molecule has 6 nitrogen and oxygen atoms in total. The quantitative estimate of drug-likeness (QED) is 0.827. The number of anilines is 1. The number of carbonyl (C=O) groups is 1. The van der Waals surface area contributed by atoms with E-state index in [9.17, 15) is 4.79 Å². The van der Waals surface area contributed by atoms with E-state index < -0.39 is 0 Å². The average Bonchev–Trinajstić information content (AvgIpc) is 2.54. The molecule has 2 aromatic rings. The van der Waals surface area contributed by atoms with Gasteiger partial charge in [-0.1, -0.05) is 0 Å². The van der Waals surface area contributed by atoms with Crippen LogP contribution in [0.3, 0.4) is 0 Å². The Balaban J connectivity index is 1.83. The van der Waals surface area contributed by atoms with Crippen molar-refractivity contribution in [1.29, 1.82) is 0 Å². The van der Waals surface area contributed by atoms with Crippen molar-refractivity contribution in [2.75, 3.05) is 25.5 Å². The van der Waals surface area contributed by atoms with Gasteiger partial charge in [0.05, 0.1) is 11.3 Å². The van der Waals surface area contributed by atoms with Gasteiger partial charge in [0.25, 0.3) is 5.91 Å². The van der Waals surface area contributed by atoms with Crippen molar-refractivity contribution in [1.82, 2.24) is 20.1 Å². The van der Waals surface area contributed by atoms with Gasteiger partial charge in [-0.3, -0.25) is 9.78 Å². The summed E-state index contributed by atoms with van der Waals surface area (Å²) in [5, 5.41) is 8.45. The molecule has 108 valence electrons. The molecule has 6 heteroatoms. The summed E-state index contributed by atoms with van der Waals surface area (Å²) in [6.07, 6.45) is 4.01. The van der Waals surface area contributed by atoms with Gasteiger partial charge < -0.3 is 9.80 Å². The van der Waals surface area contributed by atoms with E-state index in [-0.39, 0.29) is 5.91 Å². The summed E-state index contributed by atoms with van der Waals surface area (Å²) < 4.78 is 0. The summed E-state index contributed by atoms with van der Waals surface area (Å²) in [6.45, 7) is 1.23. The second-order valence-corrected chi connectivity index (χ2v) is 5.29. The second-order valence-electron chi connectivity index (χ2n) is 5.29. The smallest absolute Gasteiger partial charge is 0.255 e. The molecule has 0 saturated heterocycles. The number of carbonyl (C=O) groups excluding carboxylic acids is 1. The van der Waals surface area contributed by atoms with Gasteiger partial charge >= 0.3 is 0 Å². The van der Waals surface area contributed by atoms with E-state index in [0.717, 1.165) is 23.5 Å². The Bertz CT molecular complexity index is 656. The number of amides is 1. The lowest BCUT2D eigenvalue weighted by Crippen LogP contribution is -2.36. The number of nitrogens with zero attached hydrogens (tertiary/aromatic N) is 5. The van der Waals surface area contributed by atoms with Crippen molar-refractivity contribution in [2.45, 2.75) is 13.0 Å².